The van der Waals surface area contributed by atoms with E-state index in [9.17, 15) is 4.79 Å². The Balaban J connectivity index is 1.46. The lowest BCUT2D eigenvalue weighted by atomic mass is 10.2. The van der Waals surface area contributed by atoms with E-state index in [0.717, 1.165) is 36.2 Å². The van der Waals surface area contributed by atoms with Crippen molar-refractivity contribution in [3.05, 3.63) is 70.5 Å². The smallest absolute Gasteiger partial charge is 0.234 e. The van der Waals surface area contributed by atoms with E-state index in [4.69, 9.17) is 11.6 Å². The minimum Gasteiger partial charge on any atom is -0.324 e. The summed E-state index contributed by atoms with van der Waals surface area (Å²) in [4.78, 5) is 14.9. The van der Waals surface area contributed by atoms with Gasteiger partial charge >= 0.3 is 0 Å². The summed E-state index contributed by atoms with van der Waals surface area (Å²) in [7, 11) is 0. The Labute approximate surface area is 192 Å². The second kappa shape index (κ2) is 10.3. The van der Waals surface area contributed by atoms with Crippen LogP contribution in [0.3, 0.4) is 0 Å². The highest BCUT2D eigenvalue weighted by molar-refractivity contribution is 7.99. The number of thioether (sulfide) groups is 1. The van der Waals surface area contributed by atoms with E-state index in [1.54, 1.807) is 0 Å². The topological polar surface area (TPSA) is 63.1 Å². The molecule has 1 N–H and O–H groups in total. The zero-order valence-electron chi connectivity index (χ0n) is 17.6. The van der Waals surface area contributed by atoms with Gasteiger partial charge in [-0.15, -0.1) is 10.2 Å². The Morgan fingerprint density at radius 3 is 2.61 bits per heavy atom. The summed E-state index contributed by atoms with van der Waals surface area (Å²) in [5, 5.41) is 13.0. The molecule has 162 valence electrons. The molecule has 1 aromatic heterocycles. The van der Waals surface area contributed by atoms with Gasteiger partial charge in [-0.3, -0.25) is 9.69 Å². The number of nitrogens with zero attached hydrogens (tertiary/aromatic N) is 4. The number of rotatable bonds is 8. The fourth-order valence-corrected chi connectivity index (χ4v) is 4.69. The Hall–Kier alpha value is -2.35. The van der Waals surface area contributed by atoms with E-state index in [0.29, 0.717) is 17.3 Å². The third kappa shape index (κ3) is 5.87. The molecule has 6 nitrogen and oxygen atoms in total. The summed E-state index contributed by atoms with van der Waals surface area (Å²) in [6, 6.07) is 15.9. The maximum Gasteiger partial charge on any atom is 0.234 e. The number of anilines is 1. The molecule has 1 amide bonds. The van der Waals surface area contributed by atoms with Crippen LogP contribution in [-0.4, -0.2) is 44.4 Å². The molecule has 1 fully saturated rings. The number of halogens is 1. The molecule has 1 saturated heterocycles. The van der Waals surface area contributed by atoms with E-state index < -0.39 is 0 Å². The van der Waals surface area contributed by atoms with Crippen LogP contribution >= 0.6 is 23.4 Å². The Kier molecular flexibility index (Phi) is 7.27. The largest absolute Gasteiger partial charge is 0.324 e. The molecular weight excluding hydrogens is 430 g/mol. The molecule has 0 spiro atoms. The van der Waals surface area contributed by atoms with Crippen molar-refractivity contribution < 1.29 is 4.79 Å². The molecule has 1 aliphatic heterocycles. The monoisotopic (exact) mass is 455 g/mol. The minimum absolute atomic E-state index is 0.119. The van der Waals surface area contributed by atoms with Crippen LogP contribution in [0.5, 0.6) is 0 Å². The first-order valence-corrected chi connectivity index (χ1v) is 11.8. The van der Waals surface area contributed by atoms with Crippen molar-refractivity contribution in [2.45, 2.75) is 38.0 Å². The van der Waals surface area contributed by atoms with Crippen molar-refractivity contribution in [2.75, 3.05) is 24.2 Å². The summed E-state index contributed by atoms with van der Waals surface area (Å²) >= 11 is 7.64. The van der Waals surface area contributed by atoms with Crippen molar-refractivity contribution in [3.8, 4) is 0 Å². The predicted molar refractivity (Wildman–Crippen MR) is 126 cm³/mol. The number of benzene rings is 2. The normalized spacial score (nSPS) is 14.1. The Morgan fingerprint density at radius 1 is 1.10 bits per heavy atom. The van der Waals surface area contributed by atoms with Gasteiger partial charge in [0.05, 0.1) is 29.6 Å². The fraction of sp³-hybridized carbons (Fsp3) is 0.348. The van der Waals surface area contributed by atoms with E-state index in [1.807, 2.05) is 43.3 Å². The van der Waals surface area contributed by atoms with Crippen molar-refractivity contribution in [2.24, 2.45) is 0 Å². The van der Waals surface area contributed by atoms with Crippen molar-refractivity contribution in [1.82, 2.24) is 19.7 Å². The van der Waals surface area contributed by atoms with Crippen LogP contribution in [-0.2, 0) is 17.9 Å². The van der Waals surface area contributed by atoms with Gasteiger partial charge in [-0.05, 0) is 56.1 Å². The molecule has 0 aliphatic carbocycles. The Morgan fingerprint density at radius 2 is 1.87 bits per heavy atom. The molecule has 1 aliphatic rings. The summed E-state index contributed by atoms with van der Waals surface area (Å²) in [5.74, 6) is 1.06. The van der Waals surface area contributed by atoms with Crippen molar-refractivity contribution in [3.63, 3.8) is 0 Å². The van der Waals surface area contributed by atoms with Crippen LogP contribution in [0.2, 0.25) is 5.02 Å². The number of nitrogens with one attached hydrogen (secondary N) is 1. The maximum atomic E-state index is 12.5. The Bertz CT molecular complexity index is 1030. The van der Waals surface area contributed by atoms with E-state index >= 15 is 0 Å². The van der Waals surface area contributed by atoms with E-state index in [-0.39, 0.29) is 11.7 Å². The van der Waals surface area contributed by atoms with E-state index in [1.165, 1.54) is 30.2 Å². The van der Waals surface area contributed by atoms with Crippen molar-refractivity contribution in [1.29, 1.82) is 0 Å². The second-order valence-electron chi connectivity index (χ2n) is 7.77. The molecule has 4 rings (SSSR count). The third-order valence-corrected chi connectivity index (χ3v) is 6.55. The number of hydrogen-bond acceptors (Lipinski definition) is 5. The van der Waals surface area contributed by atoms with Gasteiger partial charge in [-0.1, -0.05) is 59.8 Å². The van der Waals surface area contributed by atoms with Crippen LogP contribution in [0, 0.1) is 6.92 Å². The minimum atomic E-state index is -0.119. The molecule has 2 aromatic carbocycles. The van der Waals surface area contributed by atoms with Crippen LogP contribution in [0.25, 0.3) is 0 Å². The quantitative estimate of drug-likeness (QED) is 0.502. The van der Waals surface area contributed by atoms with Gasteiger partial charge in [0.2, 0.25) is 5.91 Å². The molecule has 0 atom stereocenters. The molecule has 2 heterocycles. The summed E-state index contributed by atoms with van der Waals surface area (Å²) in [6.07, 6.45) is 2.46. The summed E-state index contributed by atoms with van der Waals surface area (Å²) < 4.78 is 2.13. The molecule has 3 aromatic rings. The first-order chi connectivity index (χ1) is 15.1. The number of likely N-dealkylation sites (tertiary alicyclic amines) is 1. The SMILES string of the molecule is Cc1ccc(NC(=O)CSc2nnc(CN3CCCC3)n2Cc2ccccc2)c(Cl)c1. The molecule has 0 unspecified atom stereocenters. The maximum absolute atomic E-state index is 12.5. The molecular formula is C23H26ClN5OS. The highest BCUT2D eigenvalue weighted by atomic mass is 35.5. The summed E-state index contributed by atoms with van der Waals surface area (Å²) in [6.45, 7) is 5.63. The highest BCUT2D eigenvalue weighted by Gasteiger charge is 2.19. The predicted octanol–water partition coefficient (Wildman–Crippen LogP) is 4.61. The van der Waals surface area contributed by atoms with Gasteiger partial charge in [0.1, 0.15) is 5.82 Å². The third-order valence-electron chi connectivity index (χ3n) is 5.27. The van der Waals surface area contributed by atoms with E-state index in [2.05, 4.69) is 37.1 Å². The zero-order valence-corrected chi connectivity index (χ0v) is 19.1. The lowest BCUT2D eigenvalue weighted by Crippen LogP contribution is -2.22. The van der Waals surface area contributed by atoms with Gasteiger partial charge in [0, 0.05) is 0 Å². The zero-order chi connectivity index (χ0) is 21.6. The lowest BCUT2D eigenvalue weighted by molar-refractivity contribution is -0.113. The molecule has 31 heavy (non-hydrogen) atoms. The first kappa shape index (κ1) is 21.9. The number of amides is 1. The van der Waals surface area contributed by atoms with Gasteiger partial charge in [0.25, 0.3) is 0 Å². The van der Waals surface area contributed by atoms with Crippen molar-refractivity contribution >= 4 is 35.0 Å². The average molecular weight is 456 g/mol. The van der Waals surface area contributed by atoms with Gasteiger partial charge < -0.3 is 9.88 Å². The first-order valence-electron chi connectivity index (χ1n) is 10.5. The number of carbonyl (C=O) groups excluding carboxylic acids is 1. The van der Waals surface area contributed by atoms with Gasteiger partial charge in [-0.25, -0.2) is 0 Å². The molecule has 0 saturated carbocycles. The number of carbonyl (C=O) groups is 1. The fourth-order valence-electron chi connectivity index (χ4n) is 3.65. The van der Waals surface area contributed by atoms with Gasteiger partial charge in [0.15, 0.2) is 5.16 Å². The summed E-state index contributed by atoms with van der Waals surface area (Å²) in [5.41, 5.74) is 2.86. The highest BCUT2D eigenvalue weighted by Crippen LogP contribution is 2.24. The molecule has 0 radical (unpaired) electrons. The molecule has 8 heteroatoms. The van der Waals surface area contributed by atoms with Crippen LogP contribution in [0.4, 0.5) is 5.69 Å². The van der Waals surface area contributed by atoms with Crippen LogP contribution < -0.4 is 5.32 Å². The van der Waals surface area contributed by atoms with Gasteiger partial charge in [-0.2, -0.15) is 0 Å². The number of hydrogen-bond donors (Lipinski definition) is 1. The number of aryl methyl sites for hydroxylation is 1. The van der Waals surface area contributed by atoms with Crippen LogP contribution in [0.1, 0.15) is 29.8 Å². The second-order valence-corrected chi connectivity index (χ2v) is 9.12. The van der Waals surface area contributed by atoms with Crippen LogP contribution in [0.15, 0.2) is 53.7 Å². The lowest BCUT2D eigenvalue weighted by Gasteiger charge is -2.16. The number of aromatic nitrogens is 3. The standard InChI is InChI=1S/C23H26ClN5OS/c1-17-9-10-20(19(24)13-17)25-22(30)16-31-23-27-26-21(15-28-11-5-6-12-28)29(23)14-18-7-3-2-4-8-18/h2-4,7-10,13H,5-6,11-12,14-16H2,1H3,(H,25,30). The average Bonchev–Trinajstić information content (AvgIpc) is 3.40. The molecule has 0 bridgehead atoms.